The van der Waals surface area contributed by atoms with Gasteiger partial charge in [0.25, 0.3) is 0 Å². The molecule has 1 heterocycles. The maximum atomic E-state index is 12.0. The zero-order valence-corrected chi connectivity index (χ0v) is 16.3. The van der Waals surface area contributed by atoms with E-state index < -0.39 is 0 Å². The van der Waals surface area contributed by atoms with Gasteiger partial charge in [-0.3, -0.25) is 9.69 Å². The highest BCUT2D eigenvalue weighted by Crippen LogP contribution is 2.36. The SMILES string of the molecule is CCOC(=O)C1CCN(Cc2ccc3ccc4cccc5ccc2c3c45)CC1. The Morgan fingerprint density at radius 2 is 1.57 bits per heavy atom. The Kier molecular flexibility index (Phi) is 4.40. The molecule has 0 atom stereocenters. The van der Waals surface area contributed by atoms with Gasteiger partial charge in [-0.2, -0.15) is 0 Å². The number of esters is 1. The molecule has 142 valence electrons. The van der Waals surface area contributed by atoms with Crippen molar-refractivity contribution in [3.63, 3.8) is 0 Å². The molecule has 0 radical (unpaired) electrons. The minimum absolute atomic E-state index is 0.0233. The second-order valence-corrected chi connectivity index (χ2v) is 7.88. The summed E-state index contributed by atoms with van der Waals surface area (Å²) >= 11 is 0. The van der Waals surface area contributed by atoms with Gasteiger partial charge in [-0.05, 0) is 70.7 Å². The molecule has 3 heteroatoms. The van der Waals surface area contributed by atoms with Gasteiger partial charge in [0.15, 0.2) is 0 Å². The smallest absolute Gasteiger partial charge is 0.309 e. The van der Waals surface area contributed by atoms with Gasteiger partial charge in [0.2, 0.25) is 0 Å². The van der Waals surface area contributed by atoms with Crippen molar-refractivity contribution in [3.05, 3.63) is 60.2 Å². The highest BCUT2D eigenvalue weighted by molar-refractivity contribution is 6.23. The number of likely N-dealkylation sites (tertiary alicyclic amines) is 1. The van der Waals surface area contributed by atoms with Crippen LogP contribution in [-0.2, 0) is 16.1 Å². The van der Waals surface area contributed by atoms with Crippen LogP contribution in [-0.4, -0.2) is 30.6 Å². The predicted octanol–water partition coefficient (Wildman–Crippen LogP) is 5.36. The number of benzene rings is 4. The number of ether oxygens (including phenoxy) is 1. The Morgan fingerprint density at radius 1 is 0.929 bits per heavy atom. The van der Waals surface area contributed by atoms with E-state index in [1.54, 1.807) is 0 Å². The summed E-state index contributed by atoms with van der Waals surface area (Å²) in [5, 5.41) is 8.04. The van der Waals surface area contributed by atoms with Gasteiger partial charge < -0.3 is 4.74 Å². The van der Waals surface area contributed by atoms with Crippen LogP contribution in [0.4, 0.5) is 0 Å². The van der Waals surface area contributed by atoms with Gasteiger partial charge in [-0.25, -0.2) is 0 Å². The molecule has 0 spiro atoms. The summed E-state index contributed by atoms with van der Waals surface area (Å²) in [4.78, 5) is 14.5. The molecule has 0 bridgehead atoms. The Bertz CT molecular complexity index is 1130. The molecule has 1 aliphatic heterocycles. The van der Waals surface area contributed by atoms with E-state index in [-0.39, 0.29) is 11.9 Å². The minimum atomic E-state index is -0.0233. The van der Waals surface area contributed by atoms with Crippen molar-refractivity contribution in [2.45, 2.75) is 26.3 Å². The van der Waals surface area contributed by atoms with Gasteiger partial charge in [0.1, 0.15) is 0 Å². The van der Waals surface area contributed by atoms with Crippen LogP contribution < -0.4 is 0 Å². The minimum Gasteiger partial charge on any atom is -0.466 e. The molecule has 0 saturated carbocycles. The lowest BCUT2D eigenvalue weighted by molar-refractivity contribution is -0.149. The molecular formula is C25H25NO2. The zero-order valence-electron chi connectivity index (χ0n) is 16.3. The summed E-state index contributed by atoms with van der Waals surface area (Å²) < 4.78 is 5.20. The summed E-state index contributed by atoms with van der Waals surface area (Å²) in [6, 6.07) is 20.1. The molecule has 28 heavy (non-hydrogen) atoms. The van der Waals surface area contributed by atoms with Crippen molar-refractivity contribution >= 4 is 38.3 Å². The van der Waals surface area contributed by atoms with Gasteiger partial charge in [-0.1, -0.05) is 54.6 Å². The van der Waals surface area contributed by atoms with Crippen LogP contribution in [0.1, 0.15) is 25.3 Å². The molecular weight excluding hydrogens is 346 g/mol. The van der Waals surface area contributed by atoms with Crippen molar-refractivity contribution in [1.82, 2.24) is 4.90 Å². The quantitative estimate of drug-likeness (QED) is 0.357. The highest BCUT2D eigenvalue weighted by atomic mass is 16.5. The molecule has 0 aromatic heterocycles. The number of hydrogen-bond acceptors (Lipinski definition) is 3. The summed E-state index contributed by atoms with van der Waals surface area (Å²) in [6.07, 6.45) is 1.79. The van der Waals surface area contributed by atoms with Crippen molar-refractivity contribution in [2.75, 3.05) is 19.7 Å². The van der Waals surface area contributed by atoms with Crippen molar-refractivity contribution in [2.24, 2.45) is 5.92 Å². The van der Waals surface area contributed by atoms with Gasteiger partial charge >= 0.3 is 5.97 Å². The number of hydrogen-bond donors (Lipinski definition) is 0. The maximum absolute atomic E-state index is 12.0. The van der Waals surface area contributed by atoms with E-state index in [1.165, 1.54) is 37.9 Å². The maximum Gasteiger partial charge on any atom is 0.309 e. The fraction of sp³-hybridized carbons (Fsp3) is 0.320. The summed E-state index contributed by atoms with van der Waals surface area (Å²) in [6.45, 7) is 5.18. The lowest BCUT2D eigenvalue weighted by Crippen LogP contribution is -2.36. The average molecular weight is 371 g/mol. The van der Waals surface area contributed by atoms with E-state index in [9.17, 15) is 4.79 Å². The van der Waals surface area contributed by atoms with Crippen molar-refractivity contribution in [3.8, 4) is 0 Å². The van der Waals surface area contributed by atoms with Crippen LogP contribution in [0.15, 0.2) is 54.6 Å². The first-order chi connectivity index (χ1) is 13.7. The number of piperidine rings is 1. The number of carbonyl (C=O) groups excluding carboxylic acids is 1. The third-order valence-corrected chi connectivity index (χ3v) is 6.22. The third-order valence-electron chi connectivity index (χ3n) is 6.22. The van der Waals surface area contributed by atoms with E-state index in [0.29, 0.717) is 6.61 Å². The Labute approximate surface area is 165 Å². The number of rotatable bonds is 4. The lowest BCUT2D eigenvalue weighted by Gasteiger charge is -2.31. The molecule has 4 aromatic carbocycles. The van der Waals surface area contributed by atoms with Crippen LogP contribution in [0, 0.1) is 5.92 Å². The molecule has 5 rings (SSSR count). The van der Waals surface area contributed by atoms with E-state index in [1.807, 2.05) is 6.92 Å². The number of nitrogens with zero attached hydrogens (tertiary/aromatic N) is 1. The number of carbonyl (C=O) groups is 1. The molecule has 1 fully saturated rings. The van der Waals surface area contributed by atoms with Crippen LogP contribution >= 0.6 is 0 Å². The zero-order chi connectivity index (χ0) is 19.1. The fourth-order valence-corrected chi connectivity index (χ4v) is 4.76. The topological polar surface area (TPSA) is 29.5 Å². The molecule has 0 amide bonds. The summed E-state index contributed by atoms with van der Waals surface area (Å²) in [5.74, 6) is 0.0439. The molecule has 4 aromatic rings. The molecule has 0 unspecified atom stereocenters. The van der Waals surface area contributed by atoms with Crippen molar-refractivity contribution < 1.29 is 9.53 Å². The van der Waals surface area contributed by atoms with Crippen molar-refractivity contribution in [1.29, 1.82) is 0 Å². The van der Waals surface area contributed by atoms with E-state index in [2.05, 4.69) is 59.5 Å². The monoisotopic (exact) mass is 371 g/mol. The first-order valence-electron chi connectivity index (χ1n) is 10.3. The van der Waals surface area contributed by atoms with E-state index in [4.69, 9.17) is 4.74 Å². The van der Waals surface area contributed by atoms with E-state index >= 15 is 0 Å². The summed E-state index contributed by atoms with van der Waals surface area (Å²) in [7, 11) is 0. The molecule has 1 aliphatic rings. The highest BCUT2D eigenvalue weighted by Gasteiger charge is 2.26. The predicted molar refractivity (Wildman–Crippen MR) is 115 cm³/mol. The van der Waals surface area contributed by atoms with Crippen LogP contribution in [0.25, 0.3) is 32.3 Å². The van der Waals surface area contributed by atoms with Crippen LogP contribution in [0.5, 0.6) is 0 Å². The Morgan fingerprint density at radius 3 is 2.29 bits per heavy atom. The molecule has 1 saturated heterocycles. The molecule has 3 nitrogen and oxygen atoms in total. The van der Waals surface area contributed by atoms with Gasteiger partial charge in [0, 0.05) is 6.54 Å². The standard InChI is InChI=1S/C25H25NO2/c1-2-28-25(27)20-12-14-26(15-13-20)16-21-9-8-19-7-6-17-4-3-5-18-10-11-22(21)24(19)23(17)18/h3-11,20H,2,12-16H2,1H3. The lowest BCUT2D eigenvalue weighted by atomic mass is 9.91. The fourth-order valence-electron chi connectivity index (χ4n) is 4.76. The second kappa shape index (κ2) is 7.06. The van der Waals surface area contributed by atoms with Gasteiger partial charge in [-0.15, -0.1) is 0 Å². The largest absolute Gasteiger partial charge is 0.466 e. The first kappa shape index (κ1) is 17.4. The van der Waals surface area contributed by atoms with Crippen LogP contribution in [0.3, 0.4) is 0 Å². The molecule has 0 aliphatic carbocycles. The Hall–Kier alpha value is -2.65. The summed E-state index contributed by atoms with van der Waals surface area (Å²) in [5.41, 5.74) is 1.38. The first-order valence-corrected chi connectivity index (χ1v) is 10.3. The third kappa shape index (κ3) is 2.91. The van der Waals surface area contributed by atoms with Crippen LogP contribution in [0.2, 0.25) is 0 Å². The molecule has 0 N–H and O–H groups in total. The Balaban J connectivity index is 1.45. The second-order valence-electron chi connectivity index (χ2n) is 7.88. The average Bonchev–Trinajstić information content (AvgIpc) is 2.74. The normalized spacial score (nSPS) is 16.3. The van der Waals surface area contributed by atoms with E-state index in [0.717, 1.165) is 32.5 Å². The van der Waals surface area contributed by atoms with Gasteiger partial charge in [0.05, 0.1) is 12.5 Å².